The van der Waals surface area contributed by atoms with Gasteiger partial charge in [0, 0.05) is 61.9 Å². The van der Waals surface area contributed by atoms with Gasteiger partial charge in [0.1, 0.15) is 23.6 Å². The molecule has 0 saturated carbocycles. The molecule has 0 radical (unpaired) electrons. The third-order valence-corrected chi connectivity index (χ3v) is 6.55. The minimum Gasteiger partial charge on any atom is -0.488 e. The zero-order chi connectivity index (χ0) is 29.1. The zero-order valence-electron chi connectivity index (χ0n) is 23.4. The average molecular weight is 566 g/mol. The van der Waals surface area contributed by atoms with Crippen molar-refractivity contribution < 1.29 is 32.7 Å². The predicted molar refractivity (Wildman–Crippen MR) is 148 cm³/mol. The molecule has 1 aliphatic rings. The highest BCUT2D eigenvalue weighted by Crippen LogP contribution is 2.33. The van der Waals surface area contributed by atoms with Crippen molar-refractivity contribution in [3.8, 4) is 28.5 Å². The van der Waals surface area contributed by atoms with E-state index in [0.29, 0.717) is 66.4 Å². The lowest BCUT2D eigenvalue weighted by Crippen LogP contribution is -2.51. The highest BCUT2D eigenvalue weighted by molar-refractivity contribution is 5.95. The summed E-state index contributed by atoms with van der Waals surface area (Å²) in [6, 6.07) is 11.6. The van der Waals surface area contributed by atoms with Crippen molar-refractivity contribution in [1.29, 1.82) is 0 Å². The number of carbonyl (C=O) groups excluding carboxylic acids is 2. The van der Waals surface area contributed by atoms with Crippen LogP contribution in [0.1, 0.15) is 31.1 Å². The minimum atomic E-state index is -0.566. The fourth-order valence-corrected chi connectivity index (χ4v) is 4.46. The van der Waals surface area contributed by atoms with Crippen molar-refractivity contribution in [2.75, 3.05) is 46.5 Å². The molecule has 1 saturated heterocycles. The van der Waals surface area contributed by atoms with Crippen molar-refractivity contribution in [1.82, 2.24) is 25.2 Å². The van der Waals surface area contributed by atoms with E-state index in [0.717, 1.165) is 5.56 Å². The molecule has 0 atom stereocenters. The van der Waals surface area contributed by atoms with Crippen LogP contribution in [-0.4, -0.2) is 89.3 Å². The maximum Gasteiger partial charge on any atom is 0.410 e. The second-order valence-corrected chi connectivity index (χ2v) is 10.7. The van der Waals surface area contributed by atoms with Gasteiger partial charge in [0.2, 0.25) is 0 Å². The first-order valence-electron chi connectivity index (χ1n) is 13.3. The Bertz CT molecular complexity index is 1530. The molecular weight excluding hydrogens is 533 g/mol. The van der Waals surface area contributed by atoms with Crippen molar-refractivity contribution in [3.63, 3.8) is 0 Å². The lowest BCUT2D eigenvalue weighted by Gasteiger charge is -2.35. The Morgan fingerprint density at radius 3 is 2.41 bits per heavy atom. The maximum atomic E-state index is 14.6. The molecule has 41 heavy (non-hydrogen) atoms. The Balaban J connectivity index is 1.24. The van der Waals surface area contributed by atoms with Crippen molar-refractivity contribution >= 4 is 22.9 Å². The average Bonchev–Trinajstić information content (AvgIpc) is 3.59. The largest absolute Gasteiger partial charge is 0.488 e. The highest BCUT2D eigenvalue weighted by atomic mass is 19.1. The number of halogens is 1. The van der Waals surface area contributed by atoms with E-state index in [-0.39, 0.29) is 24.4 Å². The fourth-order valence-electron chi connectivity index (χ4n) is 4.46. The molecule has 1 N–H and O–H groups in total. The van der Waals surface area contributed by atoms with E-state index >= 15 is 0 Å². The number of benzene rings is 2. The van der Waals surface area contributed by atoms with Crippen LogP contribution < -0.4 is 4.74 Å². The normalized spacial score (nSPS) is 14.0. The van der Waals surface area contributed by atoms with Gasteiger partial charge < -0.3 is 28.5 Å². The number of nitrogens with one attached hydrogen (secondary N) is 1. The van der Waals surface area contributed by atoms with Gasteiger partial charge >= 0.3 is 6.09 Å². The summed E-state index contributed by atoms with van der Waals surface area (Å²) >= 11 is 0. The number of aromatic nitrogens is 3. The molecule has 3 heterocycles. The van der Waals surface area contributed by atoms with Gasteiger partial charge in [-0.3, -0.25) is 9.89 Å². The molecule has 216 valence electrons. The second kappa shape index (κ2) is 11.6. The number of hydrogen-bond acceptors (Lipinski definition) is 8. The zero-order valence-corrected chi connectivity index (χ0v) is 23.4. The summed E-state index contributed by atoms with van der Waals surface area (Å²) in [5.41, 5.74) is 2.25. The van der Waals surface area contributed by atoms with Crippen LogP contribution in [0.2, 0.25) is 0 Å². The fraction of sp³-hybridized carbons (Fsp3) is 0.379. The van der Waals surface area contributed by atoms with E-state index in [1.54, 1.807) is 53.3 Å². The van der Waals surface area contributed by atoms with Gasteiger partial charge in [-0.1, -0.05) is 17.3 Å². The Labute approximate surface area is 236 Å². The second-order valence-electron chi connectivity index (χ2n) is 10.7. The first kappa shape index (κ1) is 28.1. The lowest BCUT2D eigenvalue weighted by molar-refractivity contribution is 0.0141. The smallest absolute Gasteiger partial charge is 0.410 e. The minimum absolute atomic E-state index is 0.0996. The third kappa shape index (κ3) is 6.32. The molecule has 1 fully saturated rings. The first-order chi connectivity index (χ1) is 19.6. The molecule has 0 aliphatic carbocycles. The molecule has 5 rings (SSSR count). The molecule has 0 unspecified atom stereocenters. The number of methoxy groups -OCH3 is 1. The van der Waals surface area contributed by atoms with Crippen LogP contribution in [0, 0.1) is 5.82 Å². The monoisotopic (exact) mass is 565 g/mol. The van der Waals surface area contributed by atoms with Crippen molar-refractivity contribution in [3.05, 3.63) is 53.8 Å². The van der Waals surface area contributed by atoms with Gasteiger partial charge in [-0.25, -0.2) is 9.18 Å². The summed E-state index contributed by atoms with van der Waals surface area (Å²) < 4.78 is 36.0. The molecule has 0 bridgehead atoms. The molecular formula is C29H32FN5O6. The van der Waals surface area contributed by atoms with Crippen LogP contribution in [0.5, 0.6) is 5.75 Å². The molecule has 2 amide bonds. The van der Waals surface area contributed by atoms with E-state index < -0.39 is 11.4 Å². The molecule has 2 aromatic carbocycles. The van der Waals surface area contributed by atoms with Gasteiger partial charge in [-0.05, 0) is 39.0 Å². The van der Waals surface area contributed by atoms with Gasteiger partial charge in [0.15, 0.2) is 17.3 Å². The molecule has 12 heteroatoms. The van der Waals surface area contributed by atoms with Crippen LogP contribution in [0.15, 0.2) is 47.0 Å². The number of rotatable bonds is 7. The molecule has 0 spiro atoms. The van der Waals surface area contributed by atoms with E-state index in [1.165, 1.54) is 6.07 Å². The Hall–Kier alpha value is -4.45. The van der Waals surface area contributed by atoms with Gasteiger partial charge in [-0.15, -0.1) is 0 Å². The van der Waals surface area contributed by atoms with E-state index in [2.05, 4.69) is 15.4 Å². The van der Waals surface area contributed by atoms with Gasteiger partial charge in [-0.2, -0.15) is 5.10 Å². The van der Waals surface area contributed by atoms with E-state index in [4.69, 9.17) is 18.7 Å². The summed E-state index contributed by atoms with van der Waals surface area (Å²) in [5.74, 6) is -0.177. The Morgan fingerprint density at radius 1 is 1.02 bits per heavy atom. The number of ether oxygens (including phenoxy) is 3. The third-order valence-electron chi connectivity index (χ3n) is 6.55. The van der Waals surface area contributed by atoms with Gasteiger partial charge in [0.25, 0.3) is 5.91 Å². The van der Waals surface area contributed by atoms with Crippen LogP contribution in [-0.2, 0) is 9.47 Å². The lowest BCUT2D eigenvalue weighted by atomic mass is 10.1. The summed E-state index contributed by atoms with van der Waals surface area (Å²) in [7, 11) is 1.54. The number of nitrogens with zero attached hydrogens (tertiary/aromatic N) is 4. The Morgan fingerprint density at radius 2 is 1.73 bits per heavy atom. The van der Waals surface area contributed by atoms with Crippen LogP contribution >= 0.6 is 0 Å². The molecule has 1 aliphatic heterocycles. The van der Waals surface area contributed by atoms with Crippen LogP contribution in [0.25, 0.3) is 33.6 Å². The number of fused-ring (bicyclic) bond motifs is 1. The van der Waals surface area contributed by atoms with Crippen molar-refractivity contribution in [2.45, 2.75) is 26.4 Å². The maximum absolute atomic E-state index is 14.6. The van der Waals surface area contributed by atoms with Crippen molar-refractivity contribution in [2.24, 2.45) is 0 Å². The summed E-state index contributed by atoms with van der Waals surface area (Å²) in [6.45, 7) is 7.71. The SMILES string of the molecule is COCCOc1cc2[nH]nc(-c3cc(-c4ccc(C(=O)N5CCN(C(=O)OC(C)(C)C)CC5)cc4)no3)c2cc1F. The van der Waals surface area contributed by atoms with Crippen LogP contribution in [0.3, 0.4) is 0 Å². The molecule has 2 aromatic heterocycles. The van der Waals surface area contributed by atoms with E-state index in [1.807, 2.05) is 20.8 Å². The number of H-pyrrole nitrogens is 1. The topological polar surface area (TPSA) is 123 Å². The summed E-state index contributed by atoms with van der Waals surface area (Å²) in [5, 5.41) is 11.8. The molecule has 11 nitrogen and oxygen atoms in total. The molecule has 4 aromatic rings. The Kier molecular flexibility index (Phi) is 7.93. The van der Waals surface area contributed by atoms with Crippen LogP contribution in [0.4, 0.5) is 9.18 Å². The number of hydrogen-bond donors (Lipinski definition) is 1. The summed E-state index contributed by atoms with van der Waals surface area (Å²) in [4.78, 5) is 28.7. The number of piperazine rings is 1. The summed E-state index contributed by atoms with van der Waals surface area (Å²) in [6.07, 6.45) is -0.370. The standard InChI is InChI=1S/C29H32FN5O6/c1-29(2,3)40-28(37)35-11-9-34(10-12-35)27(36)19-7-5-18(6-8-19)22-16-25(41-33-22)26-20-15-21(30)24(39-14-13-38-4)17-23(20)31-32-26/h5-8,15-17H,9-14H2,1-4H3,(H,31,32). The number of carbonyl (C=O) groups is 2. The highest BCUT2D eigenvalue weighted by Gasteiger charge is 2.28. The van der Waals surface area contributed by atoms with Gasteiger partial charge in [0.05, 0.1) is 12.1 Å². The quantitative estimate of drug-likeness (QED) is 0.319. The number of aromatic amines is 1. The predicted octanol–water partition coefficient (Wildman–Crippen LogP) is 4.74. The number of amides is 2. The first-order valence-corrected chi connectivity index (χ1v) is 13.3. The van der Waals surface area contributed by atoms with E-state index in [9.17, 15) is 14.0 Å².